The minimum absolute atomic E-state index is 0.0675. The van der Waals surface area contributed by atoms with Crippen LogP contribution in [0.2, 0.25) is 5.02 Å². The van der Waals surface area contributed by atoms with Crippen molar-refractivity contribution >= 4 is 23.0 Å². The SMILES string of the molecule is CC(CC1CC1)Nc1cc(F)c(Cl)cc1N. The largest absolute Gasteiger partial charge is 0.397 e. The average Bonchev–Trinajstić information content (AvgIpc) is 2.98. The number of nitrogens with two attached hydrogens (primary N) is 1. The van der Waals surface area contributed by atoms with Gasteiger partial charge in [-0.05, 0) is 25.3 Å². The minimum Gasteiger partial charge on any atom is -0.397 e. The van der Waals surface area contributed by atoms with Crippen molar-refractivity contribution < 1.29 is 4.39 Å². The van der Waals surface area contributed by atoms with E-state index in [-0.39, 0.29) is 5.02 Å². The molecule has 4 heteroatoms. The van der Waals surface area contributed by atoms with Crippen LogP contribution in [0.1, 0.15) is 26.2 Å². The third-order valence-corrected chi connectivity index (χ3v) is 3.17. The van der Waals surface area contributed by atoms with E-state index in [2.05, 4.69) is 12.2 Å². The van der Waals surface area contributed by atoms with E-state index in [1.807, 2.05) is 0 Å². The summed E-state index contributed by atoms with van der Waals surface area (Å²) in [7, 11) is 0. The normalized spacial score (nSPS) is 17.2. The van der Waals surface area contributed by atoms with Gasteiger partial charge in [0, 0.05) is 12.1 Å². The van der Waals surface area contributed by atoms with Crippen molar-refractivity contribution in [2.75, 3.05) is 11.1 Å². The number of hydrogen-bond acceptors (Lipinski definition) is 2. The summed E-state index contributed by atoms with van der Waals surface area (Å²) in [4.78, 5) is 0. The molecule has 3 N–H and O–H groups in total. The molecule has 0 aromatic heterocycles. The molecule has 1 atom stereocenters. The number of nitrogen functional groups attached to an aromatic ring is 1. The van der Waals surface area contributed by atoms with Gasteiger partial charge in [-0.1, -0.05) is 24.4 Å². The van der Waals surface area contributed by atoms with Crippen molar-refractivity contribution in [2.24, 2.45) is 5.92 Å². The first-order valence-electron chi connectivity index (χ1n) is 5.57. The third-order valence-electron chi connectivity index (χ3n) is 2.88. The van der Waals surface area contributed by atoms with Gasteiger partial charge in [0.25, 0.3) is 0 Å². The Balaban J connectivity index is 2.04. The van der Waals surface area contributed by atoms with Gasteiger partial charge in [-0.2, -0.15) is 0 Å². The molecular weight excluding hydrogens is 227 g/mol. The average molecular weight is 243 g/mol. The molecular formula is C12H16ClFN2. The van der Waals surface area contributed by atoms with Crippen LogP contribution in [0.4, 0.5) is 15.8 Å². The Kier molecular flexibility index (Phi) is 3.24. The van der Waals surface area contributed by atoms with E-state index in [0.29, 0.717) is 17.4 Å². The Labute approximate surface area is 100.0 Å². The lowest BCUT2D eigenvalue weighted by Gasteiger charge is -2.16. The number of hydrogen-bond donors (Lipinski definition) is 2. The molecule has 0 saturated heterocycles. The molecule has 0 bridgehead atoms. The fourth-order valence-electron chi connectivity index (χ4n) is 1.87. The van der Waals surface area contributed by atoms with Gasteiger partial charge in [0.2, 0.25) is 0 Å². The van der Waals surface area contributed by atoms with Gasteiger partial charge < -0.3 is 11.1 Å². The summed E-state index contributed by atoms with van der Waals surface area (Å²) in [6.45, 7) is 2.09. The van der Waals surface area contributed by atoms with Gasteiger partial charge in [-0.25, -0.2) is 4.39 Å². The predicted molar refractivity (Wildman–Crippen MR) is 66.2 cm³/mol. The zero-order valence-corrected chi connectivity index (χ0v) is 10.0. The van der Waals surface area contributed by atoms with E-state index in [1.54, 1.807) is 0 Å². The van der Waals surface area contributed by atoms with Crippen LogP contribution in [-0.4, -0.2) is 6.04 Å². The van der Waals surface area contributed by atoms with E-state index < -0.39 is 5.82 Å². The van der Waals surface area contributed by atoms with Crippen LogP contribution in [-0.2, 0) is 0 Å². The molecule has 0 heterocycles. The number of nitrogens with one attached hydrogen (secondary N) is 1. The standard InChI is InChI=1S/C12H16ClFN2/c1-7(4-8-2-3-8)16-12-6-10(14)9(13)5-11(12)15/h5-8,16H,2-4,15H2,1H3. The first kappa shape index (κ1) is 11.5. The minimum atomic E-state index is -0.433. The second-order valence-electron chi connectivity index (χ2n) is 4.58. The first-order valence-corrected chi connectivity index (χ1v) is 5.95. The molecule has 2 rings (SSSR count). The smallest absolute Gasteiger partial charge is 0.143 e. The molecule has 1 unspecified atom stereocenters. The monoisotopic (exact) mass is 242 g/mol. The zero-order chi connectivity index (χ0) is 11.7. The molecule has 1 aromatic carbocycles. The van der Waals surface area contributed by atoms with Crippen molar-refractivity contribution in [1.82, 2.24) is 0 Å². The van der Waals surface area contributed by atoms with Crippen molar-refractivity contribution in [1.29, 1.82) is 0 Å². The second-order valence-corrected chi connectivity index (χ2v) is 4.99. The Morgan fingerprint density at radius 2 is 2.25 bits per heavy atom. The maximum atomic E-state index is 13.3. The lowest BCUT2D eigenvalue weighted by Crippen LogP contribution is -2.16. The highest BCUT2D eigenvalue weighted by atomic mass is 35.5. The Morgan fingerprint density at radius 3 is 2.88 bits per heavy atom. The number of rotatable bonds is 4. The van der Waals surface area contributed by atoms with Gasteiger partial charge in [0.15, 0.2) is 0 Å². The molecule has 0 aliphatic heterocycles. The van der Waals surface area contributed by atoms with Crippen LogP contribution in [0.15, 0.2) is 12.1 Å². The van der Waals surface area contributed by atoms with Gasteiger partial charge in [-0.3, -0.25) is 0 Å². The van der Waals surface area contributed by atoms with E-state index in [4.69, 9.17) is 17.3 Å². The molecule has 0 amide bonds. The Morgan fingerprint density at radius 1 is 1.56 bits per heavy atom. The molecule has 16 heavy (non-hydrogen) atoms. The van der Waals surface area contributed by atoms with Gasteiger partial charge in [0.1, 0.15) is 5.82 Å². The maximum absolute atomic E-state index is 13.3. The van der Waals surface area contributed by atoms with E-state index >= 15 is 0 Å². The van der Waals surface area contributed by atoms with Crippen LogP contribution in [0.5, 0.6) is 0 Å². The second kappa shape index (κ2) is 4.50. The summed E-state index contributed by atoms with van der Waals surface area (Å²) in [5.41, 5.74) is 6.90. The molecule has 1 saturated carbocycles. The molecule has 2 nitrogen and oxygen atoms in total. The maximum Gasteiger partial charge on any atom is 0.143 e. The number of anilines is 2. The van der Waals surface area contributed by atoms with E-state index in [0.717, 1.165) is 12.3 Å². The third kappa shape index (κ3) is 2.79. The van der Waals surface area contributed by atoms with Gasteiger partial charge >= 0.3 is 0 Å². The highest BCUT2D eigenvalue weighted by Gasteiger charge is 2.23. The van der Waals surface area contributed by atoms with Crippen LogP contribution in [0.25, 0.3) is 0 Å². The number of benzene rings is 1. The van der Waals surface area contributed by atoms with Crippen LogP contribution < -0.4 is 11.1 Å². The van der Waals surface area contributed by atoms with Crippen molar-refractivity contribution in [3.63, 3.8) is 0 Å². The van der Waals surface area contributed by atoms with Crippen molar-refractivity contribution in [3.05, 3.63) is 23.0 Å². The lowest BCUT2D eigenvalue weighted by atomic mass is 10.1. The molecule has 0 spiro atoms. The predicted octanol–water partition coefficient (Wildman–Crippen LogP) is 3.66. The van der Waals surface area contributed by atoms with E-state index in [1.165, 1.54) is 25.0 Å². The summed E-state index contributed by atoms with van der Waals surface area (Å²) in [6, 6.07) is 3.12. The fraction of sp³-hybridized carbons (Fsp3) is 0.500. The first-order chi connectivity index (χ1) is 7.56. The summed E-state index contributed by atoms with van der Waals surface area (Å²) < 4.78 is 13.3. The summed E-state index contributed by atoms with van der Waals surface area (Å²) in [5.74, 6) is 0.401. The molecule has 0 radical (unpaired) electrons. The fourth-order valence-corrected chi connectivity index (χ4v) is 2.04. The highest BCUT2D eigenvalue weighted by Crippen LogP contribution is 2.35. The van der Waals surface area contributed by atoms with Crippen LogP contribution in [0, 0.1) is 11.7 Å². The van der Waals surface area contributed by atoms with Crippen molar-refractivity contribution in [2.45, 2.75) is 32.2 Å². The topological polar surface area (TPSA) is 38.0 Å². The summed E-state index contributed by atoms with van der Waals surface area (Å²) >= 11 is 5.63. The Hall–Kier alpha value is -0.960. The molecule has 88 valence electrons. The summed E-state index contributed by atoms with van der Waals surface area (Å²) in [5, 5.41) is 3.29. The van der Waals surface area contributed by atoms with Gasteiger partial charge in [0.05, 0.1) is 16.4 Å². The number of halogens is 2. The molecule has 1 aliphatic rings. The molecule has 1 fully saturated rings. The van der Waals surface area contributed by atoms with Gasteiger partial charge in [-0.15, -0.1) is 0 Å². The highest BCUT2D eigenvalue weighted by molar-refractivity contribution is 6.31. The molecule has 1 aromatic rings. The van der Waals surface area contributed by atoms with Crippen molar-refractivity contribution in [3.8, 4) is 0 Å². The summed E-state index contributed by atoms with van der Waals surface area (Å²) in [6.07, 6.45) is 3.75. The van der Waals surface area contributed by atoms with E-state index in [9.17, 15) is 4.39 Å². The Bertz CT molecular complexity index is 391. The quantitative estimate of drug-likeness (QED) is 0.791. The zero-order valence-electron chi connectivity index (χ0n) is 9.26. The van der Waals surface area contributed by atoms with Crippen LogP contribution >= 0.6 is 11.6 Å². The van der Waals surface area contributed by atoms with Crippen LogP contribution in [0.3, 0.4) is 0 Å². The molecule has 1 aliphatic carbocycles. The lowest BCUT2D eigenvalue weighted by molar-refractivity contribution is 0.624.